The number of carbonyl (C=O) groups is 1. The Labute approximate surface area is 124 Å². The van der Waals surface area contributed by atoms with Crippen molar-refractivity contribution in [3.8, 4) is 0 Å². The summed E-state index contributed by atoms with van der Waals surface area (Å²) in [5, 5.41) is 3.34. The summed E-state index contributed by atoms with van der Waals surface area (Å²) in [5.74, 6) is -0.327. The Hall–Kier alpha value is -0.970. The summed E-state index contributed by atoms with van der Waals surface area (Å²) in [5.41, 5.74) is 0.243. The summed E-state index contributed by atoms with van der Waals surface area (Å²) < 4.78 is 13.1. The van der Waals surface area contributed by atoms with Crippen molar-refractivity contribution in [2.45, 2.75) is 25.8 Å². The molecule has 110 valence electrons. The molecule has 0 aliphatic carbocycles. The van der Waals surface area contributed by atoms with Crippen molar-refractivity contribution in [3.63, 3.8) is 0 Å². The van der Waals surface area contributed by atoms with Crippen LogP contribution in [0.2, 0.25) is 5.02 Å². The lowest BCUT2D eigenvalue weighted by Crippen LogP contribution is -2.57. The lowest BCUT2D eigenvalue weighted by Gasteiger charge is -2.40. The van der Waals surface area contributed by atoms with Crippen LogP contribution >= 0.6 is 11.6 Å². The van der Waals surface area contributed by atoms with E-state index in [1.165, 1.54) is 12.1 Å². The quantitative estimate of drug-likeness (QED) is 0.925. The smallest absolute Gasteiger partial charge is 0.156 e. The zero-order chi connectivity index (χ0) is 14.8. The molecule has 5 heteroatoms. The first-order valence-corrected chi connectivity index (χ1v) is 7.22. The normalized spacial score (nSPS) is 17.2. The molecule has 1 fully saturated rings. The Morgan fingerprint density at radius 3 is 2.65 bits per heavy atom. The van der Waals surface area contributed by atoms with Crippen molar-refractivity contribution in [3.05, 3.63) is 34.6 Å². The highest BCUT2D eigenvalue weighted by atomic mass is 35.5. The molecule has 1 aliphatic rings. The van der Waals surface area contributed by atoms with Gasteiger partial charge in [-0.05, 0) is 31.5 Å². The Kier molecular flexibility index (Phi) is 4.78. The van der Waals surface area contributed by atoms with Crippen molar-refractivity contribution < 1.29 is 9.18 Å². The number of benzene rings is 1. The minimum atomic E-state index is -0.511. The highest BCUT2D eigenvalue weighted by Gasteiger charge is 2.34. The van der Waals surface area contributed by atoms with Crippen molar-refractivity contribution >= 4 is 17.4 Å². The number of nitrogens with zero attached hydrogens (tertiary/aromatic N) is 1. The van der Waals surface area contributed by atoms with Crippen LogP contribution in [0.5, 0.6) is 0 Å². The van der Waals surface area contributed by atoms with Gasteiger partial charge in [0.05, 0.1) is 10.6 Å². The van der Waals surface area contributed by atoms with E-state index < -0.39 is 11.4 Å². The molecule has 2 rings (SSSR count). The van der Waals surface area contributed by atoms with Crippen LogP contribution in [0.25, 0.3) is 0 Å². The summed E-state index contributed by atoms with van der Waals surface area (Å²) >= 11 is 5.76. The summed E-state index contributed by atoms with van der Waals surface area (Å²) in [6.07, 6.45) is 0.275. The highest BCUT2D eigenvalue weighted by Crippen LogP contribution is 2.21. The molecule has 0 spiro atoms. The van der Waals surface area contributed by atoms with Crippen LogP contribution in [0.4, 0.5) is 4.39 Å². The van der Waals surface area contributed by atoms with Gasteiger partial charge in [0.15, 0.2) is 5.78 Å². The van der Waals surface area contributed by atoms with Crippen LogP contribution < -0.4 is 5.32 Å². The zero-order valence-electron chi connectivity index (χ0n) is 11.9. The van der Waals surface area contributed by atoms with E-state index >= 15 is 0 Å². The van der Waals surface area contributed by atoms with Gasteiger partial charge in [-0.15, -0.1) is 0 Å². The van der Waals surface area contributed by atoms with Crippen LogP contribution in [0.3, 0.4) is 0 Å². The summed E-state index contributed by atoms with van der Waals surface area (Å²) in [4.78, 5) is 14.7. The van der Waals surface area contributed by atoms with E-state index in [2.05, 4.69) is 10.2 Å². The average Bonchev–Trinajstić information content (AvgIpc) is 2.44. The van der Waals surface area contributed by atoms with E-state index in [0.717, 1.165) is 31.7 Å². The lowest BCUT2D eigenvalue weighted by molar-refractivity contribution is -0.129. The fraction of sp³-hybridized carbons (Fsp3) is 0.533. The molecular formula is C15H20ClFN2O. The third-order valence-corrected chi connectivity index (χ3v) is 4.23. The Morgan fingerprint density at radius 2 is 2.05 bits per heavy atom. The topological polar surface area (TPSA) is 32.3 Å². The van der Waals surface area contributed by atoms with Crippen LogP contribution in [-0.4, -0.2) is 42.4 Å². The van der Waals surface area contributed by atoms with Crippen molar-refractivity contribution in [2.75, 3.05) is 26.2 Å². The number of carbonyl (C=O) groups excluding carboxylic acids is 1. The van der Waals surface area contributed by atoms with E-state index in [0.29, 0.717) is 0 Å². The molecule has 3 nitrogen and oxygen atoms in total. The second-order valence-electron chi connectivity index (χ2n) is 5.64. The number of Topliss-reactive ketones (excluding diaryl/α,β-unsaturated/α-hetero) is 1. The summed E-state index contributed by atoms with van der Waals surface area (Å²) in [7, 11) is 0. The Balaban J connectivity index is 2.07. The third-order valence-electron chi connectivity index (χ3n) is 3.94. The molecule has 0 bridgehead atoms. The predicted octanol–water partition coefficient (Wildman–Crippen LogP) is 2.27. The maximum atomic E-state index is 13.1. The van der Waals surface area contributed by atoms with Crippen LogP contribution in [0, 0.1) is 5.82 Å². The number of nitrogens with one attached hydrogen (secondary N) is 1. The zero-order valence-corrected chi connectivity index (χ0v) is 12.6. The molecule has 1 aromatic carbocycles. The molecule has 1 heterocycles. The fourth-order valence-electron chi connectivity index (χ4n) is 2.45. The minimum absolute atomic E-state index is 0.0651. The largest absolute Gasteiger partial charge is 0.314 e. The van der Waals surface area contributed by atoms with Gasteiger partial charge in [-0.1, -0.05) is 17.7 Å². The van der Waals surface area contributed by atoms with Gasteiger partial charge in [0.25, 0.3) is 0 Å². The third kappa shape index (κ3) is 3.37. The highest BCUT2D eigenvalue weighted by molar-refractivity contribution is 6.30. The van der Waals surface area contributed by atoms with Gasteiger partial charge in [0, 0.05) is 32.6 Å². The van der Waals surface area contributed by atoms with Crippen LogP contribution in [0.1, 0.15) is 19.4 Å². The number of rotatable bonds is 4. The lowest BCUT2D eigenvalue weighted by atomic mass is 9.91. The van der Waals surface area contributed by atoms with Gasteiger partial charge in [-0.25, -0.2) is 4.39 Å². The van der Waals surface area contributed by atoms with Crippen LogP contribution in [0.15, 0.2) is 18.2 Å². The van der Waals surface area contributed by atoms with E-state index in [1.54, 1.807) is 6.07 Å². The molecular weight excluding hydrogens is 279 g/mol. The van der Waals surface area contributed by atoms with E-state index in [9.17, 15) is 9.18 Å². The number of halogens is 2. The second-order valence-corrected chi connectivity index (χ2v) is 6.05. The van der Waals surface area contributed by atoms with Crippen molar-refractivity contribution in [1.82, 2.24) is 10.2 Å². The molecule has 0 atom stereocenters. The predicted molar refractivity (Wildman–Crippen MR) is 78.6 cm³/mol. The van der Waals surface area contributed by atoms with Crippen LogP contribution in [-0.2, 0) is 11.2 Å². The molecule has 1 aliphatic heterocycles. The molecule has 1 aromatic rings. The van der Waals surface area contributed by atoms with Gasteiger partial charge in [0.1, 0.15) is 5.82 Å². The SMILES string of the molecule is CC(C)(C(=O)Cc1ccc(F)c(Cl)c1)N1CCNCC1. The first-order valence-electron chi connectivity index (χ1n) is 6.84. The standard InChI is InChI=1S/C15H20ClFN2O/c1-15(2,19-7-5-18-6-8-19)14(20)10-11-3-4-13(17)12(16)9-11/h3-4,9,18H,5-8,10H2,1-2H3. The van der Waals surface area contributed by atoms with Gasteiger partial charge in [-0.2, -0.15) is 0 Å². The fourth-order valence-corrected chi connectivity index (χ4v) is 2.65. The number of hydrogen-bond acceptors (Lipinski definition) is 3. The molecule has 1 N–H and O–H groups in total. The van der Waals surface area contributed by atoms with E-state index in [1.807, 2.05) is 13.8 Å². The Morgan fingerprint density at radius 1 is 1.40 bits per heavy atom. The van der Waals surface area contributed by atoms with Crippen molar-refractivity contribution in [2.24, 2.45) is 0 Å². The first kappa shape index (κ1) is 15.4. The second kappa shape index (κ2) is 6.20. The maximum Gasteiger partial charge on any atom is 0.156 e. The molecule has 0 aromatic heterocycles. The van der Waals surface area contributed by atoms with Gasteiger partial charge in [0.2, 0.25) is 0 Å². The van der Waals surface area contributed by atoms with E-state index in [4.69, 9.17) is 11.6 Å². The monoisotopic (exact) mass is 298 g/mol. The minimum Gasteiger partial charge on any atom is -0.314 e. The van der Waals surface area contributed by atoms with Gasteiger partial charge >= 0.3 is 0 Å². The van der Waals surface area contributed by atoms with E-state index in [-0.39, 0.29) is 17.2 Å². The molecule has 0 unspecified atom stereocenters. The molecule has 0 radical (unpaired) electrons. The number of ketones is 1. The number of hydrogen-bond donors (Lipinski definition) is 1. The Bertz CT molecular complexity index is 499. The van der Waals surface area contributed by atoms with Crippen molar-refractivity contribution in [1.29, 1.82) is 0 Å². The molecule has 0 amide bonds. The summed E-state index contributed by atoms with van der Waals surface area (Å²) in [6.45, 7) is 7.43. The average molecular weight is 299 g/mol. The maximum absolute atomic E-state index is 13.1. The first-order chi connectivity index (χ1) is 9.41. The van der Waals surface area contributed by atoms with Gasteiger partial charge in [-0.3, -0.25) is 9.69 Å². The summed E-state index contributed by atoms with van der Waals surface area (Å²) in [6, 6.07) is 4.46. The molecule has 1 saturated heterocycles. The molecule has 0 saturated carbocycles. The number of piperazine rings is 1. The molecule has 20 heavy (non-hydrogen) atoms. The van der Waals surface area contributed by atoms with Gasteiger partial charge < -0.3 is 5.32 Å².